The zero-order chi connectivity index (χ0) is 20.0. The van der Waals surface area contributed by atoms with Gasteiger partial charge in [0.05, 0.1) is 5.00 Å². The number of nitrogens with zero attached hydrogens (tertiary/aromatic N) is 5. The maximum absolute atomic E-state index is 12.7. The number of halogens is 4. The Hall–Kier alpha value is -1.83. The second-order valence-electron chi connectivity index (χ2n) is 6.09. The Labute approximate surface area is 188 Å². The number of thiophene rings is 1. The predicted octanol–water partition coefficient (Wildman–Crippen LogP) is 2.98. The van der Waals surface area contributed by atoms with Crippen molar-refractivity contribution >= 4 is 52.2 Å². The first-order valence-electron chi connectivity index (χ1n) is 8.85. The fourth-order valence-corrected chi connectivity index (χ4v) is 3.66. The minimum Gasteiger partial charge on any atom is -0.360 e. The zero-order valence-electron chi connectivity index (χ0n) is 15.8. The fourth-order valence-electron chi connectivity index (χ4n) is 2.87. The van der Waals surface area contributed by atoms with Crippen LogP contribution in [0.4, 0.5) is 24.1 Å². The van der Waals surface area contributed by atoms with Gasteiger partial charge in [0.1, 0.15) is 5.69 Å². The second kappa shape index (κ2) is 10.8. The van der Waals surface area contributed by atoms with Gasteiger partial charge >= 0.3 is 6.18 Å². The van der Waals surface area contributed by atoms with E-state index in [1.807, 2.05) is 6.07 Å². The number of piperazine rings is 1. The average molecular weight is 541 g/mol. The SMILES string of the molecule is CN=C(NCCNc1nccc(C(F)(F)F)n1)N1CCN(c2cccs2)CC1.I. The first kappa shape index (κ1) is 23.4. The lowest BCUT2D eigenvalue weighted by Crippen LogP contribution is -2.53. The van der Waals surface area contributed by atoms with Gasteiger partial charge in [-0.15, -0.1) is 35.3 Å². The van der Waals surface area contributed by atoms with E-state index in [0.717, 1.165) is 44.4 Å². The van der Waals surface area contributed by atoms with Gasteiger partial charge in [0.25, 0.3) is 0 Å². The van der Waals surface area contributed by atoms with Crippen molar-refractivity contribution in [3.8, 4) is 0 Å². The fraction of sp³-hybridized carbons (Fsp3) is 0.471. The lowest BCUT2D eigenvalue weighted by molar-refractivity contribution is -0.141. The van der Waals surface area contributed by atoms with Gasteiger partial charge < -0.3 is 20.4 Å². The third-order valence-corrected chi connectivity index (χ3v) is 5.18. The highest BCUT2D eigenvalue weighted by atomic mass is 127. The topological polar surface area (TPSA) is 68.7 Å². The van der Waals surface area contributed by atoms with E-state index in [-0.39, 0.29) is 29.9 Å². The van der Waals surface area contributed by atoms with Crippen LogP contribution >= 0.6 is 35.3 Å². The Morgan fingerprint density at radius 1 is 1.21 bits per heavy atom. The number of nitrogens with one attached hydrogen (secondary N) is 2. The molecule has 0 aliphatic carbocycles. The lowest BCUT2D eigenvalue weighted by atomic mass is 10.3. The summed E-state index contributed by atoms with van der Waals surface area (Å²) in [5, 5.41) is 9.37. The number of alkyl halides is 3. The van der Waals surface area contributed by atoms with Crippen LogP contribution in [-0.2, 0) is 6.18 Å². The second-order valence-corrected chi connectivity index (χ2v) is 7.02. The van der Waals surface area contributed by atoms with Crippen molar-refractivity contribution in [3.05, 3.63) is 35.5 Å². The molecule has 2 aromatic rings. The van der Waals surface area contributed by atoms with Gasteiger partial charge in [-0.25, -0.2) is 9.97 Å². The molecular weight excluding hydrogens is 518 g/mol. The van der Waals surface area contributed by atoms with Crippen LogP contribution in [0.15, 0.2) is 34.8 Å². The van der Waals surface area contributed by atoms with E-state index in [4.69, 9.17) is 0 Å². The Balaban J connectivity index is 0.00000300. The molecule has 0 amide bonds. The predicted molar refractivity (Wildman–Crippen MR) is 120 cm³/mol. The Kier molecular flexibility index (Phi) is 8.74. The summed E-state index contributed by atoms with van der Waals surface area (Å²) in [7, 11) is 1.72. The summed E-state index contributed by atoms with van der Waals surface area (Å²) in [6.45, 7) is 4.38. The van der Waals surface area contributed by atoms with Crippen molar-refractivity contribution in [2.24, 2.45) is 4.99 Å². The summed E-state index contributed by atoms with van der Waals surface area (Å²) in [6.07, 6.45) is -3.39. The van der Waals surface area contributed by atoms with Crippen LogP contribution in [0.2, 0.25) is 0 Å². The molecule has 0 saturated carbocycles. The van der Waals surface area contributed by atoms with E-state index >= 15 is 0 Å². The zero-order valence-corrected chi connectivity index (χ0v) is 19.0. The molecule has 0 radical (unpaired) electrons. The highest BCUT2D eigenvalue weighted by Crippen LogP contribution is 2.27. The van der Waals surface area contributed by atoms with Gasteiger partial charge in [-0.05, 0) is 23.6 Å². The highest BCUT2D eigenvalue weighted by Gasteiger charge is 2.32. The standard InChI is InChI=1S/C17H22F3N7S.HI/c1-21-16(27-10-8-26(9-11-27)14-3-2-12-28-14)24-7-6-23-15-22-5-4-13(25-15)17(18,19)20;/h2-5,12H,6-11H2,1H3,(H,21,24)(H,22,23,25);1H. The molecule has 0 bridgehead atoms. The summed E-state index contributed by atoms with van der Waals surface area (Å²) in [5.41, 5.74) is -0.961. The van der Waals surface area contributed by atoms with E-state index in [9.17, 15) is 13.2 Å². The molecule has 1 fully saturated rings. The number of hydrogen-bond donors (Lipinski definition) is 2. The van der Waals surface area contributed by atoms with Gasteiger partial charge in [-0.2, -0.15) is 13.2 Å². The van der Waals surface area contributed by atoms with E-state index in [2.05, 4.69) is 46.8 Å². The van der Waals surface area contributed by atoms with Gasteiger partial charge in [0.2, 0.25) is 5.95 Å². The monoisotopic (exact) mass is 541 g/mol. The van der Waals surface area contributed by atoms with Crippen molar-refractivity contribution < 1.29 is 13.2 Å². The molecule has 3 heterocycles. The maximum Gasteiger partial charge on any atom is 0.433 e. The summed E-state index contributed by atoms with van der Waals surface area (Å²) < 4.78 is 38.0. The minimum absolute atomic E-state index is 0. The molecule has 2 aromatic heterocycles. The van der Waals surface area contributed by atoms with E-state index in [0.29, 0.717) is 13.1 Å². The normalized spacial score (nSPS) is 15.1. The molecular formula is C17H23F3IN7S. The van der Waals surface area contributed by atoms with Crippen molar-refractivity contribution in [1.82, 2.24) is 20.2 Å². The molecule has 2 N–H and O–H groups in total. The Bertz CT molecular complexity index is 778. The van der Waals surface area contributed by atoms with Crippen LogP contribution in [0.1, 0.15) is 5.69 Å². The third-order valence-electron chi connectivity index (χ3n) is 4.25. The van der Waals surface area contributed by atoms with Crippen molar-refractivity contribution in [1.29, 1.82) is 0 Å². The summed E-state index contributed by atoms with van der Waals surface area (Å²) in [4.78, 5) is 16.1. The first-order valence-corrected chi connectivity index (χ1v) is 9.73. The molecule has 3 rings (SSSR count). The van der Waals surface area contributed by atoms with Gasteiger partial charge in [-0.3, -0.25) is 4.99 Å². The number of rotatable bonds is 5. The average Bonchev–Trinajstić information content (AvgIpc) is 3.23. The van der Waals surface area contributed by atoms with E-state index in [1.54, 1.807) is 18.4 Å². The number of guanidine groups is 1. The summed E-state index contributed by atoms with van der Waals surface area (Å²) in [6, 6.07) is 5.02. The summed E-state index contributed by atoms with van der Waals surface area (Å²) in [5.74, 6) is 0.730. The van der Waals surface area contributed by atoms with Crippen LogP contribution < -0.4 is 15.5 Å². The maximum atomic E-state index is 12.7. The molecule has 7 nitrogen and oxygen atoms in total. The molecule has 0 atom stereocenters. The number of hydrogen-bond acceptors (Lipinski definition) is 6. The van der Waals surface area contributed by atoms with Gasteiger partial charge in [0, 0.05) is 52.5 Å². The molecule has 1 aliphatic heterocycles. The molecule has 12 heteroatoms. The Morgan fingerprint density at radius 3 is 2.59 bits per heavy atom. The van der Waals surface area contributed by atoms with Crippen LogP contribution in [0.3, 0.4) is 0 Å². The van der Waals surface area contributed by atoms with E-state index < -0.39 is 11.9 Å². The van der Waals surface area contributed by atoms with Gasteiger partial charge in [0.15, 0.2) is 5.96 Å². The molecule has 1 aliphatic rings. The van der Waals surface area contributed by atoms with Crippen LogP contribution in [-0.4, -0.2) is 67.1 Å². The number of aromatic nitrogens is 2. The first-order chi connectivity index (χ1) is 13.5. The van der Waals surface area contributed by atoms with Crippen molar-refractivity contribution in [2.45, 2.75) is 6.18 Å². The third kappa shape index (κ3) is 6.59. The van der Waals surface area contributed by atoms with Crippen LogP contribution in [0.5, 0.6) is 0 Å². The van der Waals surface area contributed by atoms with E-state index in [1.165, 1.54) is 5.00 Å². The lowest BCUT2D eigenvalue weighted by Gasteiger charge is -2.37. The van der Waals surface area contributed by atoms with Crippen molar-refractivity contribution in [3.63, 3.8) is 0 Å². The largest absolute Gasteiger partial charge is 0.433 e. The van der Waals surface area contributed by atoms with Crippen LogP contribution in [0.25, 0.3) is 0 Å². The summed E-state index contributed by atoms with van der Waals surface area (Å²) >= 11 is 1.73. The van der Waals surface area contributed by atoms with Crippen LogP contribution in [0, 0.1) is 0 Å². The molecule has 160 valence electrons. The highest BCUT2D eigenvalue weighted by molar-refractivity contribution is 14.0. The quantitative estimate of drug-likeness (QED) is 0.263. The number of anilines is 2. The molecule has 29 heavy (non-hydrogen) atoms. The molecule has 0 unspecified atom stereocenters. The molecule has 0 aromatic carbocycles. The molecule has 0 spiro atoms. The molecule has 1 saturated heterocycles. The van der Waals surface area contributed by atoms with Gasteiger partial charge in [-0.1, -0.05) is 0 Å². The van der Waals surface area contributed by atoms with Crippen molar-refractivity contribution in [2.75, 3.05) is 56.5 Å². The Morgan fingerprint density at radius 2 is 1.97 bits per heavy atom. The minimum atomic E-state index is -4.48. The number of aliphatic imine (C=N–C) groups is 1. The smallest absolute Gasteiger partial charge is 0.360 e.